The van der Waals surface area contributed by atoms with Gasteiger partial charge in [0.05, 0.1) is 6.61 Å². The highest BCUT2D eigenvalue weighted by molar-refractivity contribution is 6.38. The lowest BCUT2D eigenvalue weighted by Crippen LogP contribution is -2.28. The van der Waals surface area contributed by atoms with E-state index in [1.807, 2.05) is 30.3 Å². The summed E-state index contributed by atoms with van der Waals surface area (Å²) in [4.78, 5) is 14.0. The summed E-state index contributed by atoms with van der Waals surface area (Å²) in [5.41, 5.74) is 9.65. The zero-order chi connectivity index (χ0) is 11.4. The van der Waals surface area contributed by atoms with Crippen molar-refractivity contribution in [3.63, 3.8) is 0 Å². The van der Waals surface area contributed by atoms with Crippen molar-refractivity contribution in [2.24, 2.45) is 0 Å². The Morgan fingerprint density at radius 1 is 1.44 bits per heavy atom. The maximum Gasteiger partial charge on any atom is 0.360 e. The molecule has 0 spiro atoms. The van der Waals surface area contributed by atoms with E-state index in [1.165, 1.54) is 0 Å². The number of ether oxygens (including phenoxy) is 1. The van der Waals surface area contributed by atoms with Crippen LogP contribution in [0.5, 0.6) is 0 Å². The van der Waals surface area contributed by atoms with Crippen molar-refractivity contribution < 1.29 is 14.3 Å². The lowest BCUT2D eigenvalue weighted by atomic mass is 10.2. The number of carbonyl (C=O) groups is 1. The fraction of sp³-hybridized carbons (Fsp3) is 0.273. The van der Waals surface area contributed by atoms with Crippen molar-refractivity contribution in [3.05, 3.63) is 41.4 Å². The Labute approximate surface area is 92.7 Å². The largest absolute Gasteiger partial charge is 0.361 e. The summed E-state index contributed by atoms with van der Waals surface area (Å²) >= 11 is 0. The third kappa shape index (κ3) is 2.34. The van der Waals surface area contributed by atoms with Crippen molar-refractivity contribution in [2.45, 2.75) is 19.3 Å². The molecular formula is C11H11N3O2. The third-order valence-corrected chi connectivity index (χ3v) is 2.35. The predicted molar refractivity (Wildman–Crippen MR) is 56.4 cm³/mol. The van der Waals surface area contributed by atoms with Crippen LogP contribution in [0.4, 0.5) is 0 Å². The second-order valence-electron chi connectivity index (χ2n) is 3.51. The normalized spacial score (nSPS) is 19.4. The van der Waals surface area contributed by atoms with Crippen LogP contribution in [0.3, 0.4) is 0 Å². The zero-order valence-corrected chi connectivity index (χ0v) is 8.59. The highest BCUT2D eigenvalue weighted by Gasteiger charge is 2.35. The molecule has 5 heteroatoms. The van der Waals surface area contributed by atoms with Crippen LogP contribution in [0, 0.1) is 0 Å². The van der Waals surface area contributed by atoms with Gasteiger partial charge < -0.3 is 15.6 Å². The van der Waals surface area contributed by atoms with E-state index >= 15 is 0 Å². The lowest BCUT2D eigenvalue weighted by Gasteiger charge is -2.09. The molecule has 1 amide bonds. The van der Waals surface area contributed by atoms with Crippen LogP contribution < -0.4 is 5.32 Å². The summed E-state index contributed by atoms with van der Waals surface area (Å²) in [6, 6.07) is 9.66. The molecule has 16 heavy (non-hydrogen) atoms. The first-order valence-electron chi connectivity index (χ1n) is 4.97. The van der Waals surface area contributed by atoms with Gasteiger partial charge in [0.2, 0.25) is 0 Å². The fourth-order valence-corrected chi connectivity index (χ4v) is 1.51. The van der Waals surface area contributed by atoms with Gasteiger partial charge >= 0.3 is 11.6 Å². The van der Waals surface area contributed by atoms with Crippen LogP contribution >= 0.6 is 0 Å². The number of hydrogen-bond donors (Lipinski definition) is 1. The predicted octanol–water partition coefficient (Wildman–Crippen LogP) is 0.720. The van der Waals surface area contributed by atoms with Crippen molar-refractivity contribution in [1.29, 1.82) is 0 Å². The minimum absolute atomic E-state index is 0.109. The summed E-state index contributed by atoms with van der Waals surface area (Å²) in [6.45, 7) is 0.421. The molecule has 0 saturated carbocycles. The fourth-order valence-electron chi connectivity index (χ4n) is 1.51. The molecule has 0 aromatic heterocycles. The van der Waals surface area contributed by atoms with Gasteiger partial charge in [0.25, 0.3) is 0 Å². The highest BCUT2D eigenvalue weighted by Crippen LogP contribution is 2.08. The maximum atomic E-state index is 11.1. The Hall–Kier alpha value is -1.97. The second-order valence-corrected chi connectivity index (χ2v) is 3.51. The molecule has 82 valence electrons. The number of nitrogens with zero attached hydrogens (tertiary/aromatic N) is 2. The molecule has 1 aromatic carbocycles. The van der Waals surface area contributed by atoms with Crippen LogP contribution in [0.2, 0.25) is 0 Å². The van der Waals surface area contributed by atoms with E-state index in [9.17, 15) is 4.79 Å². The van der Waals surface area contributed by atoms with Gasteiger partial charge in [0.15, 0.2) is 0 Å². The number of hydrogen-bond acceptors (Lipinski definition) is 2. The molecule has 1 fully saturated rings. The zero-order valence-electron chi connectivity index (χ0n) is 8.59. The summed E-state index contributed by atoms with van der Waals surface area (Å²) in [7, 11) is 0. The van der Waals surface area contributed by atoms with Crippen LogP contribution in [0.1, 0.15) is 12.0 Å². The molecule has 1 N–H and O–H groups in total. The van der Waals surface area contributed by atoms with Crippen molar-refractivity contribution in [3.8, 4) is 0 Å². The second kappa shape index (κ2) is 4.70. The molecule has 1 saturated heterocycles. The molecule has 1 aromatic rings. The van der Waals surface area contributed by atoms with Gasteiger partial charge in [0, 0.05) is 0 Å². The van der Waals surface area contributed by atoms with Gasteiger partial charge in [-0.3, -0.25) is 4.79 Å². The van der Waals surface area contributed by atoms with Gasteiger partial charge in [-0.25, -0.2) is 0 Å². The molecule has 1 aliphatic rings. The minimum Gasteiger partial charge on any atom is -0.361 e. The Morgan fingerprint density at radius 3 is 2.81 bits per heavy atom. The summed E-state index contributed by atoms with van der Waals surface area (Å²) in [5.74, 6) is -0.374. The minimum atomic E-state index is -0.404. The Morgan fingerprint density at radius 2 is 2.19 bits per heavy atom. The molecule has 0 aliphatic carbocycles. The number of rotatable bonds is 3. The number of amides is 1. The average molecular weight is 217 g/mol. The maximum absolute atomic E-state index is 11.1. The smallest absolute Gasteiger partial charge is 0.360 e. The van der Waals surface area contributed by atoms with Crippen LogP contribution in [0.25, 0.3) is 5.53 Å². The van der Waals surface area contributed by atoms with Crippen molar-refractivity contribution in [1.82, 2.24) is 5.32 Å². The van der Waals surface area contributed by atoms with Crippen molar-refractivity contribution >= 4 is 11.6 Å². The average Bonchev–Trinajstić information content (AvgIpc) is 2.69. The molecule has 1 unspecified atom stereocenters. The topological polar surface area (TPSA) is 74.7 Å². The molecule has 1 atom stereocenters. The molecule has 5 nitrogen and oxygen atoms in total. The molecule has 1 aliphatic heterocycles. The monoisotopic (exact) mass is 217 g/mol. The van der Waals surface area contributed by atoms with Gasteiger partial charge in [0.1, 0.15) is 12.6 Å². The molecule has 0 bridgehead atoms. The van der Waals surface area contributed by atoms with E-state index in [1.54, 1.807) is 0 Å². The highest BCUT2D eigenvalue weighted by atomic mass is 16.5. The Bertz CT molecular complexity index is 438. The van der Waals surface area contributed by atoms with E-state index < -0.39 is 6.23 Å². The van der Waals surface area contributed by atoms with Crippen LogP contribution in [-0.4, -0.2) is 22.6 Å². The van der Waals surface area contributed by atoms with E-state index in [-0.39, 0.29) is 11.6 Å². The first kappa shape index (κ1) is 10.5. The lowest BCUT2D eigenvalue weighted by molar-refractivity contribution is -0.119. The molecule has 1 heterocycles. The SMILES string of the molecule is [N-]=[N+]=C1CC(OCc2ccccc2)NC1=O. The first-order valence-corrected chi connectivity index (χ1v) is 4.97. The Balaban J connectivity index is 1.89. The number of benzene rings is 1. The van der Waals surface area contributed by atoms with Crippen LogP contribution in [-0.2, 0) is 16.1 Å². The first-order chi connectivity index (χ1) is 7.79. The Kier molecular flexibility index (Phi) is 3.10. The molecule has 0 radical (unpaired) electrons. The van der Waals surface area contributed by atoms with Gasteiger partial charge in [-0.15, -0.1) is 0 Å². The van der Waals surface area contributed by atoms with E-state index in [0.717, 1.165) is 5.56 Å². The number of carbonyl (C=O) groups excluding carboxylic acids is 1. The quantitative estimate of drug-likeness (QED) is 0.598. The van der Waals surface area contributed by atoms with Gasteiger partial charge in [-0.05, 0) is 5.56 Å². The summed E-state index contributed by atoms with van der Waals surface area (Å²) in [6.07, 6.45) is -0.110. The number of nitrogens with one attached hydrogen (secondary N) is 1. The standard InChI is InChI=1S/C11H11N3O2/c12-14-9-6-10(13-11(9)15)16-7-8-4-2-1-3-5-8/h1-5,10H,6-7H2,(H,13,15). The third-order valence-electron chi connectivity index (χ3n) is 2.35. The van der Waals surface area contributed by atoms with Crippen molar-refractivity contribution in [2.75, 3.05) is 0 Å². The summed E-state index contributed by atoms with van der Waals surface area (Å²) < 4.78 is 5.47. The summed E-state index contributed by atoms with van der Waals surface area (Å²) in [5, 5.41) is 2.57. The van der Waals surface area contributed by atoms with E-state index in [4.69, 9.17) is 10.3 Å². The van der Waals surface area contributed by atoms with Gasteiger partial charge in [-0.1, -0.05) is 30.3 Å². The van der Waals surface area contributed by atoms with E-state index in [2.05, 4.69) is 10.1 Å². The molecule has 2 rings (SSSR count). The van der Waals surface area contributed by atoms with Gasteiger partial charge in [-0.2, -0.15) is 4.79 Å². The molecular weight excluding hydrogens is 206 g/mol. The van der Waals surface area contributed by atoms with Crippen LogP contribution in [0.15, 0.2) is 30.3 Å². The van der Waals surface area contributed by atoms with E-state index in [0.29, 0.717) is 13.0 Å².